The maximum atomic E-state index is 12.1. The lowest BCUT2D eigenvalue weighted by atomic mass is 10.1. The van der Waals surface area contributed by atoms with E-state index in [1.54, 1.807) is 0 Å². The molecule has 28 heavy (non-hydrogen) atoms. The van der Waals surface area contributed by atoms with Gasteiger partial charge in [-0.25, -0.2) is 15.0 Å². The normalized spacial score (nSPS) is 10.8. The van der Waals surface area contributed by atoms with Gasteiger partial charge in [-0.1, -0.05) is 42.5 Å². The summed E-state index contributed by atoms with van der Waals surface area (Å²) in [4.78, 5) is 28.3. The molecule has 2 N–H and O–H groups in total. The number of aryl methyl sites for hydroxylation is 1. The minimum absolute atomic E-state index is 0.260. The summed E-state index contributed by atoms with van der Waals surface area (Å²) in [6, 6.07) is 16.7. The van der Waals surface area contributed by atoms with Gasteiger partial charge in [-0.3, -0.25) is 15.1 Å². The van der Waals surface area contributed by atoms with Gasteiger partial charge in [-0.05, 0) is 19.9 Å². The largest absolute Gasteiger partial charge is 0.492 e. The monoisotopic (exact) mass is 373 g/mol. The SMILES string of the molecule is CCOc1cccc2c(C)nc(Nc3nc(-c4ccccc4)cc(=O)[nH]3)nc12. The van der Waals surface area contributed by atoms with Crippen LogP contribution >= 0.6 is 0 Å². The summed E-state index contributed by atoms with van der Waals surface area (Å²) >= 11 is 0. The summed E-state index contributed by atoms with van der Waals surface area (Å²) in [5.41, 5.74) is 2.67. The molecule has 0 atom stereocenters. The van der Waals surface area contributed by atoms with E-state index in [0.717, 1.165) is 16.6 Å². The topological polar surface area (TPSA) is 92.8 Å². The number of nitrogens with one attached hydrogen (secondary N) is 2. The quantitative estimate of drug-likeness (QED) is 0.552. The van der Waals surface area contributed by atoms with Crippen LogP contribution in [-0.4, -0.2) is 26.5 Å². The van der Waals surface area contributed by atoms with Gasteiger partial charge >= 0.3 is 0 Å². The number of ether oxygens (including phenoxy) is 1. The van der Waals surface area contributed by atoms with E-state index in [0.29, 0.717) is 29.5 Å². The molecule has 0 aliphatic rings. The highest BCUT2D eigenvalue weighted by Crippen LogP contribution is 2.27. The number of anilines is 2. The molecule has 0 amide bonds. The van der Waals surface area contributed by atoms with Crippen LogP contribution < -0.4 is 15.6 Å². The summed E-state index contributed by atoms with van der Waals surface area (Å²) in [6.07, 6.45) is 0. The second-order valence-electron chi connectivity index (χ2n) is 6.19. The maximum absolute atomic E-state index is 12.1. The zero-order valence-corrected chi connectivity index (χ0v) is 15.6. The summed E-state index contributed by atoms with van der Waals surface area (Å²) in [5.74, 6) is 1.30. The number of hydrogen-bond donors (Lipinski definition) is 2. The number of hydrogen-bond acceptors (Lipinski definition) is 6. The third kappa shape index (κ3) is 3.55. The molecule has 0 saturated heterocycles. The number of aromatic amines is 1. The predicted molar refractivity (Wildman–Crippen MR) is 109 cm³/mol. The molecule has 0 unspecified atom stereocenters. The third-order valence-electron chi connectivity index (χ3n) is 4.22. The lowest BCUT2D eigenvalue weighted by Gasteiger charge is -2.11. The lowest BCUT2D eigenvalue weighted by molar-refractivity contribution is 0.343. The first-order valence-electron chi connectivity index (χ1n) is 8.98. The fraction of sp³-hybridized carbons (Fsp3) is 0.143. The van der Waals surface area contributed by atoms with Crippen molar-refractivity contribution in [1.29, 1.82) is 0 Å². The molecular weight excluding hydrogens is 354 g/mol. The molecule has 4 aromatic rings. The molecule has 7 nitrogen and oxygen atoms in total. The van der Waals surface area contributed by atoms with Crippen LogP contribution in [0, 0.1) is 6.92 Å². The highest BCUT2D eigenvalue weighted by atomic mass is 16.5. The zero-order valence-electron chi connectivity index (χ0n) is 15.6. The van der Waals surface area contributed by atoms with Crippen molar-refractivity contribution in [2.45, 2.75) is 13.8 Å². The first-order valence-corrected chi connectivity index (χ1v) is 8.98. The molecule has 0 fully saturated rings. The zero-order chi connectivity index (χ0) is 19.5. The lowest BCUT2D eigenvalue weighted by Crippen LogP contribution is -2.12. The van der Waals surface area contributed by atoms with E-state index in [-0.39, 0.29) is 11.5 Å². The Balaban J connectivity index is 1.75. The molecule has 2 aromatic carbocycles. The van der Waals surface area contributed by atoms with E-state index in [4.69, 9.17) is 4.74 Å². The molecule has 4 rings (SSSR count). The molecule has 2 heterocycles. The van der Waals surface area contributed by atoms with Crippen LogP contribution in [0.5, 0.6) is 5.75 Å². The highest BCUT2D eigenvalue weighted by molar-refractivity contribution is 5.87. The molecule has 0 saturated carbocycles. The molecular formula is C21H19N5O2. The van der Waals surface area contributed by atoms with E-state index in [1.807, 2.05) is 62.4 Å². The Kier molecular flexibility index (Phi) is 4.72. The third-order valence-corrected chi connectivity index (χ3v) is 4.22. The van der Waals surface area contributed by atoms with Crippen LogP contribution in [0.2, 0.25) is 0 Å². The molecule has 0 bridgehead atoms. The second kappa shape index (κ2) is 7.48. The van der Waals surface area contributed by atoms with Crippen molar-refractivity contribution < 1.29 is 4.74 Å². The first kappa shape index (κ1) is 17.7. The Morgan fingerprint density at radius 2 is 1.86 bits per heavy atom. The highest BCUT2D eigenvalue weighted by Gasteiger charge is 2.11. The smallest absolute Gasteiger partial charge is 0.252 e. The summed E-state index contributed by atoms with van der Waals surface area (Å²) < 4.78 is 5.68. The van der Waals surface area contributed by atoms with E-state index >= 15 is 0 Å². The Hall–Kier alpha value is -3.74. The van der Waals surface area contributed by atoms with E-state index in [9.17, 15) is 4.79 Å². The van der Waals surface area contributed by atoms with Gasteiger partial charge in [-0.2, -0.15) is 0 Å². The minimum atomic E-state index is -0.260. The number of aromatic nitrogens is 4. The van der Waals surface area contributed by atoms with Gasteiger partial charge in [0.15, 0.2) is 0 Å². The van der Waals surface area contributed by atoms with Crippen molar-refractivity contribution in [1.82, 2.24) is 19.9 Å². The van der Waals surface area contributed by atoms with Crippen molar-refractivity contribution in [3.05, 3.63) is 70.6 Å². The van der Waals surface area contributed by atoms with Gasteiger partial charge < -0.3 is 4.74 Å². The van der Waals surface area contributed by atoms with E-state index < -0.39 is 0 Å². The van der Waals surface area contributed by atoms with Gasteiger partial charge in [0.2, 0.25) is 11.9 Å². The summed E-state index contributed by atoms with van der Waals surface area (Å²) in [7, 11) is 0. The van der Waals surface area contributed by atoms with Gasteiger partial charge in [-0.15, -0.1) is 0 Å². The van der Waals surface area contributed by atoms with Gasteiger partial charge in [0.05, 0.1) is 18.0 Å². The van der Waals surface area contributed by atoms with Crippen LogP contribution in [0.1, 0.15) is 12.6 Å². The molecule has 140 valence electrons. The van der Waals surface area contributed by atoms with Crippen molar-refractivity contribution in [3.63, 3.8) is 0 Å². The molecule has 7 heteroatoms. The number of para-hydroxylation sites is 1. The number of benzene rings is 2. The molecule has 0 radical (unpaired) electrons. The Morgan fingerprint density at radius 1 is 1.04 bits per heavy atom. The van der Waals surface area contributed by atoms with Crippen molar-refractivity contribution in [3.8, 4) is 17.0 Å². The minimum Gasteiger partial charge on any atom is -0.492 e. The Bertz CT molecular complexity index is 1190. The Morgan fingerprint density at radius 3 is 2.64 bits per heavy atom. The van der Waals surface area contributed by atoms with Gasteiger partial charge in [0, 0.05) is 17.0 Å². The average molecular weight is 373 g/mol. The number of nitrogens with zero attached hydrogens (tertiary/aromatic N) is 3. The van der Waals surface area contributed by atoms with Crippen molar-refractivity contribution >= 4 is 22.8 Å². The molecule has 2 aromatic heterocycles. The molecule has 0 spiro atoms. The van der Waals surface area contributed by atoms with Crippen molar-refractivity contribution in [2.75, 3.05) is 11.9 Å². The number of rotatable bonds is 5. The maximum Gasteiger partial charge on any atom is 0.252 e. The van der Waals surface area contributed by atoms with Crippen LogP contribution in [0.4, 0.5) is 11.9 Å². The average Bonchev–Trinajstić information content (AvgIpc) is 2.69. The fourth-order valence-electron chi connectivity index (χ4n) is 2.99. The molecule has 0 aliphatic carbocycles. The van der Waals surface area contributed by atoms with E-state index in [1.165, 1.54) is 6.07 Å². The molecule has 0 aliphatic heterocycles. The van der Waals surface area contributed by atoms with Crippen LogP contribution in [0.15, 0.2) is 59.4 Å². The standard InChI is InChI=1S/C21H19N5O2/c1-3-28-17-11-7-10-15-13(2)22-20(25-19(15)17)26-21-23-16(12-18(27)24-21)14-8-5-4-6-9-14/h4-12H,3H2,1-2H3,(H2,22,23,24,25,26,27). The van der Waals surface area contributed by atoms with Crippen LogP contribution in [0.3, 0.4) is 0 Å². The van der Waals surface area contributed by atoms with Crippen LogP contribution in [0.25, 0.3) is 22.2 Å². The number of H-pyrrole nitrogens is 1. The second-order valence-corrected chi connectivity index (χ2v) is 6.19. The van der Waals surface area contributed by atoms with Gasteiger partial charge in [0.25, 0.3) is 5.56 Å². The van der Waals surface area contributed by atoms with Crippen LogP contribution in [-0.2, 0) is 0 Å². The summed E-state index contributed by atoms with van der Waals surface area (Å²) in [6.45, 7) is 4.37. The van der Waals surface area contributed by atoms with Crippen molar-refractivity contribution in [2.24, 2.45) is 0 Å². The summed E-state index contributed by atoms with van der Waals surface area (Å²) in [5, 5.41) is 3.93. The van der Waals surface area contributed by atoms with E-state index in [2.05, 4.69) is 25.3 Å². The van der Waals surface area contributed by atoms with Gasteiger partial charge in [0.1, 0.15) is 11.3 Å². The first-order chi connectivity index (χ1) is 13.6. The predicted octanol–water partition coefficient (Wildman–Crippen LogP) is 3.83. The fourth-order valence-corrected chi connectivity index (χ4v) is 2.99. The Labute approximate surface area is 161 Å². The number of fused-ring (bicyclic) bond motifs is 1.